The van der Waals surface area contributed by atoms with Gasteiger partial charge in [-0.25, -0.2) is 0 Å². The number of hydrogen-bond acceptors (Lipinski definition) is 20. The first-order valence-corrected chi connectivity index (χ1v) is 3.06. The molecule has 0 atom stereocenters. The average Bonchev–Trinajstić information content (AvgIpc) is 1.94. The molecule has 20 nitrogen and oxygen atoms in total. The molecule has 0 saturated heterocycles. The first kappa shape index (κ1) is 118. The van der Waals surface area contributed by atoms with Crippen molar-refractivity contribution in [3.63, 3.8) is 0 Å². The SMILES string of the molecule is O=C([O-])[O-].O=C([O-])[O-].O=C([O-])[O-].O=C([O-])[O-].O=C([O-])[O-].[Na+].[Na+].[Na+].[OH-].[OH-].[OH-].[OH-].[OH-].[Zr+4].[Zr+4].[Zr+4]. The van der Waals surface area contributed by atoms with E-state index >= 15 is 0 Å². The standard InChI is InChI=1S/5CH2O3.3Na.5H2O.3Zr/c5*2-1(3)4;;;;;;;;;;;/h5*(H2,2,3,4);;;;5*1H2;;;/q;;;;;3*+1;;;;;;3*+4/p-15. The van der Waals surface area contributed by atoms with Crippen LogP contribution in [0.25, 0.3) is 0 Å². The van der Waals surface area contributed by atoms with E-state index in [0.717, 1.165) is 0 Å². The van der Waals surface area contributed by atoms with E-state index in [-0.39, 0.29) is 195 Å². The van der Waals surface area contributed by atoms with Gasteiger partial charge in [0.25, 0.3) is 0 Å². The summed E-state index contributed by atoms with van der Waals surface area (Å²) in [5.74, 6) is 0. The minimum Gasteiger partial charge on any atom is -0.870 e. The Morgan fingerprint density at radius 1 is 0.290 bits per heavy atom. The third kappa shape index (κ3) is 8720. The number of carboxylic acid groups (broad SMARTS) is 10. The van der Waals surface area contributed by atoms with Crippen LogP contribution >= 0.6 is 0 Å². The molecule has 0 aromatic carbocycles. The normalized spacial score (nSPS) is 3.87. The van der Waals surface area contributed by atoms with Gasteiger partial charge < -0.3 is 102 Å². The molecule has 0 aromatic heterocycles. The molecule has 0 unspecified atom stereocenters. The Morgan fingerprint density at radius 2 is 0.290 bits per heavy atom. The van der Waals surface area contributed by atoms with Gasteiger partial charge in [0.05, 0.1) is 0 Å². The van der Waals surface area contributed by atoms with Crippen LogP contribution in [-0.2, 0) is 78.6 Å². The van der Waals surface area contributed by atoms with E-state index in [9.17, 15) is 0 Å². The van der Waals surface area contributed by atoms with Gasteiger partial charge in [-0.15, -0.1) is 0 Å². The fraction of sp³-hybridized carbons (Fsp3) is 0. The summed E-state index contributed by atoms with van der Waals surface area (Å²) in [5, 5.41) is 83.3. The molecule has 26 heteroatoms. The summed E-state index contributed by atoms with van der Waals surface area (Å²) in [6.45, 7) is 0. The molecule has 5 N–H and O–H groups in total. The maximum Gasteiger partial charge on any atom is 4.00 e. The van der Waals surface area contributed by atoms with Crippen molar-refractivity contribution in [3.8, 4) is 0 Å². The van der Waals surface area contributed by atoms with Gasteiger partial charge in [0.15, 0.2) is 0 Å². The molecule has 0 rings (SSSR count). The van der Waals surface area contributed by atoms with Gasteiger partial charge in [-0.3, -0.25) is 0 Å². The second-order valence-electron chi connectivity index (χ2n) is 1.25. The number of carbonyl (C=O) groups is 5. The van der Waals surface area contributed by atoms with Crippen LogP contribution < -0.4 is 140 Å². The van der Waals surface area contributed by atoms with Crippen LogP contribution in [0.2, 0.25) is 0 Å². The topological polar surface area (TPSA) is 466 Å². The minimum absolute atomic E-state index is 0. The quantitative estimate of drug-likeness (QED) is 0.209. The Morgan fingerprint density at radius 3 is 0.290 bits per heavy atom. The summed E-state index contributed by atoms with van der Waals surface area (Å²) in [4.78, 5) is 41.7. The smallest absolute Gasteiger partial charge is 0.870 e. The molecular formula is C5H5Na3O20Zr3. The fourth-order valence-electron chi connectivity index (χ4n) is 0. The molecule has 0 fully saturated rings. The van der Waals surface area contributed by atoms with Crippen LogP contribution in [0.4, 0.5) is 24.0 Å². The fourth-order valence-corrected chi connectivity index (χ4v) is 0. The Hall–Kier alpha value is 1.80. The zero-order chi connectivity index (χ0) is 17.9. The summed E-state index contributed by atoms with van der Waals surface area (Å²) < 4.78 is 0. The molecule has 0 spiro atoms. The van der Waals surface area contributed by atoms with Gasteiger partial charge in [-0.05, 0) is 30.8 Å². The summed E-state index contributed by atoms with van der Waals surface area (Å²) >= 11 is 0. The summed E-state index contributed by atoms with van der Waals surface area (Å²) in [5.41, 5.74) is 0. The van der Waals surface area contributed by atoms with Crippen LogP contribution in [0, 0.1) is 0 Å². The van der Waals surface area contributed by atoms with Crippen molar-refractivity contribution in [1.82, 2.24) is 0 Å². The number of carbonyl (C=O) groups excluding carboxylic acids is 5. The predicted molar refractivity (Wildman–Crippen MR) is 36.7 cm³/mol. The molecule has 0 saturated carbocycles. The number of rotatable bonds is 0. The number of hydrogen-bond donors (Lipinski definition) is 0. The van der Waals surface area contributed by atoms with E-state index in [4.69, 9.17) is 75.0 Å². The van der Waals surface area contributed by atoms with E-state index in [2.05, 4.69) is 0 Å². The van der Waals surface area contributed by atoms with Crippen molar-refractivity contribution in [2.24, 2.45) is 0 Å². The molecule has 0 heterocycles. The summed E-state index contributed by atoms with van der Waals surface area (Å²) in [6.07, 6.45) is -11.7. The zero-order valence-electron chi connectivity index (χ0n) is 15.4. The second-order valence-corrected chi connectivity index (χ2v) is 1.25. The summed E-state index contributed by atoms with van der Waals surface area (Å²) in [6, 6.07) is 0. The molecule has 0 radical (unpaired) electrons. The molecular weight excluding hydrogens is 723 g/mol. The first-order valence-electron chi connectivity index (χ1n) is 3.06. The van der Waals surface area contributed by atoms with Gasteiger partial charge >= 0.3 is 167 Å². The van der Waals surface area contributed by atoms with Crippen molar-refractivity contribution in [3.05, 3.63) is 0 Å². The zero-order valence-corrected chi connectivity index (χ0v) is 28.7. The van der Waals surface area contributed by atoms with Crippen LogP contribution in [0.3, 0.4) is 0 Å². The van der Waals surface area contributed by atoms with Crippen LogP contribution in [0.15, 0.2) is 0 Å². The van der Waals surface area contributed by atoms with Crippen molar-refractivity contribution >= 4 is 30.8 Å². The maximum absolute atomic E-state index is 8.33. The molecule has 0 amide bonds. The largest absolute Gasteiger partial charge is 4.00 e. The van der Waals surface area contributed by atoms with Gasteiger partial charge in [0, 0.05) is 0 Å². The molecule has 160 valence electrons. The van der Waals surface area contributed by atoms with Crippen LogP contribution in [0.5, 0.6) is 0 Å². The van der Waals surface area contributed by atoms with Crippen molar-refractivity contribution in [2.75, 3.05) is 0 Å². The van der Waals surface area contributed by atoms with E-state index in [1.807, 2.05) is 0 Å². The Balaban J connectivity index is -0.00000000595. The maximum atomic E-state index is 8.33. The van der Waals surface area contributed by atoms with E-state index in [1.54, 1.807) is 0 Å². The third-order valence-electron chi connectivity index (χ3n) is 0. The second kappa shape index (κ2) is 107. The van der Waals surface area contributed by atoms with E-state index in [1.165, 1.54) is 0 Å². The van der Waals surface area contributed by atoms with Gasteiger partial charge in [-0.2, -0.15) is 0 Å². The summed E-state index contributed by atoms with van der Waals surface area (Å²) in [7, 11) is 0. The monoisotopic (exact) mass is 724 g/mol. The Kier molecular flexibility index (Phi) is 405. The predicted octanol–water partition coefficient (Wildman–Crippen LogP) is -22.1. The third-order valence-corrected chi connectivity index (χ3v) is 0. The molecule has 0 aliphatic carbocycles. The molecule has 0 bridgehead atoms. The minimum atomic E-state index is -2.33. The van der Waals surface area contributed by atoms with E-state index in [0.29, 0.717) is 0 Å². The van der Waals surface area contributed by atoms with Crippen molar-refractivity contribution in [2.45, 2.75) is 0 Å². The van der Waals surface area contributed by atoms with Gasteiger partial charge in [-0.1, -0.05) is 0 Å². The Labute approximate surface area is 295 Å². The Bertz CT molecular complexity index is 231. The van der Waals surface area contributed by atoms with Crippen LogP contribution in [-0.4, -0.2) is 58.2 Å². The molecule has 31 heavy (non-hydrogen) atoms. The molecule has 0 aliphatic rings. The first-order chi connectivity index (χ1) is 8.66. The van der Waals surface area contributed by atoms with Gasteiger partial charge in [0.1, 0.15) is 0 Å². The van der Waals surface area contributed by atoms with Gasteiger partial charge in [0.2, 0.25) is 0 Å². The molecule has 0 aliphatic heterocycles. The van der Waals surface area contributed by atoms with E-state index < -0.39 is 30.8 Å². The van der Waals surface area contributed by atoms with Crippen LogP contribution in [0.1, 0.15) is 0 Å². The van der Waals surface area contributed by atoms with Crippen molar-refractivity contribution < 1.29 is 270 Å². The molecule has 0 aromatic rings. The van der Waals surface area contributed by atoms with Crippen molar-refractivity contribution in [1.29, 1.82) is 0 Å². The average molecular weight is 728 g/mol.